The summed E-state index contributed by atoms with van der Waals surface area (Å²) in [6.45, 7) is 2.79. The molecule has 3 heterocycles. The van der Waals surface area contributed by atoms with Gasteiger partial charge in [-0.15, -0.1) is 0 Å². The Morgan fingerprint density at radius 1 is 1.06 bits per heavy atom. The van der Waals surface area contributed by atoms with Crippen LogP contribution in [0.15, 0.2) is 54.9 Å². The van der Waals surface area contributed by atoms with Crippen LogP contribution in [0.5, 0.6) is 0 Å². The SMILES string of the molecule is CCNC(=O)Nc1nc2cc(-c3ccc(CC(=O)CN(C)C)nc3)cc(-c3ccccn3)c2s1. The second-order valence-corrected chi connectivity index (χ2v) is 9.08. The number of pyridine rings is 2. The van der Waals surface area contributed by atoms with Crippen molar-refractivity contribution in [1.82, 2.24) is 25.2 Å². The van der Waals surface area contributed by atoms with E-state index in [9.17, 15) is 9.59 Å². The van der Waals surface area contributed by atoms with Gasteiger partial charge in [-0.25, -0.2) is 9.78 Å². The number of nitrogens with zero attached hydrogens (tertiary/aromatic N) is 4. The third-order valence-corrected chi connectivity index (χ3v) is 6.04. The Morgan fingerprint density at radius 2 is 1.91 bits per heavy atom. The number of rotatable bonds is 8. The number of hydrogen-bond donors (Lipinski definition) is 2. The number of urea groups is 1. The first-order valence-corrected chi connectivity index (χ1v) is 11.8. The van der Waals surface area contributed by atoms with Gasteiger partial charge in [-0.2, -0.15) is 0 Å². The third kappa shape index (κ3) is 5.62. The quantitative estimate of drug-likeness (QED) is 0.396. The molecule has 0 atom stereocenters. The zero-order chi connectivity index (χ0) is 24.1. The summed E-state index contributed by atoms with van der Waals surface area (Å²) >= 11 is 1.41. The smallest absolute Gasteiger partial charge is 0.321 e. The molecule has 0 aliphatic rings. The van der Waals surface area contributed by atoms with E-state index in [-0.39, 0.29) is 11.8 Å². The van der Waals surface area contributed by atoms with Crippen LogP contribution in [0.2, 0.25) is 0 Å². The number of amides is 2. The van der Waals surface area contributed by atoms with Crippen LogP contribution in [0, 0.1) is 0 Å². The van der Waals surface area contributed by atoms with E-state index in [2.05, 4.69) is 31.7 Å². The summed E-state index contributed by atoms with van der Waals surface area (Å²) in [6.07, 6.45) is 3.84. The van der Waals surface area contributed by atoms with Crippen molar-refractivity contribution in [3.8, 4) is 22.4 Å². The molecule has 2 N–H and O–H groups in total. The normalized spacial score (nSPS) is 11.1. The van der Waals surface area contributed by atoms with E-state index in [4.69, 9.17) is 0 Å². The summed E-state index contributed by atoms with van der Waals surface area (Å²) in [5, 5.41) is 6.04. The lowest BCUT2D eigenvalue weighted by Gasteiger charge is -2.09. The van der Waals surface area contributed by atoms with E-state index < -0.39 is 0 Å². The first kappa shape index (κ1) is 23.5. The summed E-state index contributed by atoms with van der Waals surface area (Å²) in [5.74, 6) is 0.124. The third-order valence-electron chi connectivity index (χ3n) is 5.02. The summed E-state index contributed by atoms with van der Waals surface area (Å²) in [5.41, 5.74) is 5.10. The fraction of sp³-hybridized carbons (Fsp3) is 0.240. The molecule has 0 radical (unpaired) electrons. The minimum atomic E-state index is -0.287. The summed E-state index contributed by atoms with van der Waals surface area (Å²) in [4.78, 5) is 39.6. The van der Waals surface area contributed by atoms with E-state index >= 15 is 0 Å². The number of carbonyl (C=O) groups excluding carboxylic acids is 2. The Hall–Kier alpha value is -3.69. The van der Waals surface area contributed by atoms with Gasteiger partial charge in [-0.05, 0) is 56.9 Å². The molecule has 4 rings (SSSR count). The number of carbonyl (C=O) groups is 2. The molecule has 2 amide bonds. The molecule has 1 aromatic carbocycles. The van der Waals surface area contributed by atoms with Crippen molar-refractivity contribution in [2.24, 2.45) is 0 Å². The minimum absolute atomic E-state index is 0.124. The number of thiazole rings is 1. The molecule has 0 aliphatic carbocycles. The second kappa shape index (κ2) is 10.5. The standard InChI is InChI=1S/C25H26N6O2S/c1-4-26-24(33)30-25-29-22-12-17(11-20(23(22)34-25)21-7-5-6-10-27-21)16-8-9-18(28-14-16)13-19(32)15-31(2)3/h5-12,14H,4,13,15H2,1-3H3,(H2,26,29,30,33). The van der Waals surface area contributed by atoms with Gasteiger partial charge in [0.15, 0.2) is 10.9 Å². The highest BCUT2D eigenvalue weighted by molar-refractivity contribution is 7.22. The lowest BCUT2D eigenvalue weighted by Crippen LogP contribution is -2.28. The van der Waals surface area contributed by atoms with Gasteiger partial charge in [0.1, 0.15) is 0 Å². The Kier molecular flexibility index (Phi) is 7.24. The van der Waals surface area contributed by atoms with Crippen molar-refractivity contribution < 1.29 is 9.59 Å². The van der Waals surface area contributed by atoms with Crippen LogP contribution in [0.1, 0.15) is 12.6 Å². The maximum atomic E-state index is 12.1. The molecule has 34 heavy (non-hydrogen) atoms. The lowest BCUT2D eigenvalue weighted by atomic mass is 10.0. The number of benzene rings is 1. The van der Waals surface area contributed by atoms with E-state index in [0.717, 1.165) is 38.3 Å². The number of likely N-dealkylation sites (N-methyl/N-ethyl adjacent to an activating group) is 1. The van der Waals surface area contributed by atoms with Gasteiger partial charge in [0.05, 0.1) is 28.9 Å². The first-order chi connectivity index (χ1) is 16.4. The van der Waals surface area contributed by atoms with Gasteiger partial charge in [0.25, 0.3) is 0 Å². The molecular weight excluding hydrogens is 448 g/mol. The Balaban J connectivity index is 1.70. The maximum Gasteiger partial charge on any atom is 0.321 e. The average Bonchev–Trinajstić information content (AvgIpc) is 3.21. The zero-order valence-electron chi connectivity index (χ0n) is 19.3. The molecule has 174 valence electrons. The summed E-state index contributed by atoms with van der Waals surface area (Å²) in [7, 11) is 3.75. The van der Waals surface area contributed by atoms with Crippen molar-refractivity contribution in [2.45, 2.75) is 13.3 Å². The number of hydrogen-bond acceptors (Lipinski definition) is 7. The molecule has 0 spiro atoms. The Labute approximate surface area is 202 Å². The largest absolute Gasteiger partial charge is 0.338 e. The van der Waals surface area contributed by atoms with Crippen LogP contribution in [-0.2, 0) is 11.2 Å². The predicted molar refractivity (Wildman–Crippen MR) is 136 cm³/mol. The molecule has 0 unspecified atom stereocenters. The first-order valence-electron chi connectivity index (χ1n) is 11.0. The number of Topliss-reactive ketones (excluding diaryl/α,β-unsaturated/α-hetero) is 1. The van der Waals surface area contributed by atoms with Crippen molar-refractivity contribution in [2.75, 3.05) is 32.5 Å². The predicted octanol–water partition coefficient (Wildman–Crippen LogP) is 4.23. The highest BCUT2D eigenvalue weighted by Gasteiger charge is 2.15. The molecular formula is C25H26N6O2S. The Bertz CT molecular complexity index is 1300. The molecule has 0 saturated carbocycles. The van der Waals surface area contributed by atoms with E-state index in [0.29, 0.717) is 24.6 Å². The van der Waals surface area contributed by atoms with E-state index in [1.807, 2.05) is 62.3 Å². The minimum Gasteiger partial charge on any atom is -0.338 e. The van der Waals surface area contributed by atoms with Gasteiger partial charge in [0.2, 0.25) is 0 Å². The number of fused-ring (bicyclic) bond motifs is 1. The number of ketones is 1. The summed E-state index contributed by atoms with van der Waals surface area (Å²) in [6, 6.07) is 13.4. The van der Waals surface area contributed by atoms with E-state index in [1.54, 1.807) is 12.4 Å². The van der Waals surface area contributed by atoms with Crippen molar-refractivity contribution >= 4 is 38.5 Å². The molecule has 0 fully saturated rings. The van der Waals surface area contributed by atoms with Gasteiger partial charge in [0, 0.05) is 35.8 Å². The Morgan fingerprint density at radius 3 is 2.59 bits per heavy atom. The molecule has 0 bridgehead atoms. The molecule has 3 aromatic heterocycles. The zero-order valence-corrected chi connectivity index (χ0v) is 20.1. The molecule has 9 heteroatoms. The van der Waals surface area contributed by atoms with Crippen LogP contribution in [0.4, 0.5) is 9.93 Å². The molecule has 0 aliphatic heterocycles. The maximum absolute atomic E-state index is 12.1. The van der Waals surface area contributed by atoms with Crippen molar-refractivity contribution in [3.63, 3.8) is 0 Å². The van der Waals surface area contributed by atoms with Crippen LogP contribution in [-0.4, -0.2) is 58.9 Å². The van der Waals surface area contributed by atoms with Crippen molar-refractivity contribution in [1.29, 1.82) is 0 Å². The highest BCUT2D eigenvalue weighted by Crippen LogP contribution is 2.38. The van der Waals surface area contributed by atoms with Crippen molar-refractivity contribution in [3.05, 3.63) is 60.6 Å². The molecule has 0 saturated heterocycles. The van der Waals surface area contributed by atoms with Crippen LogP contribution >= 0.6 is 11.3 Å². The molecule has 8 nitrogen and oxygen atoms in total. The number of nitrogens with one attached hydrogen (secondary N) is 2. The van der Waals surface area contributed by atoms with Crippen LogP contribution in [0.25, 0.3) is 32.6 Å². The van der Waals surface area contributed by atoms with Gasteiger partial charge < -0.3 is 10.2 Å². The average molecular weight is 475 g/mol. The van der Waals surface area contributed by atoms with Gasteiger partial charge in [-0.1, -0.05) is 23.5 Å². The van der Waals surface area contributed by atoms with Gasteiger partial charge >= 0.3 is 6.03 Å². The number of anilines is 1. The van der Waals surface area contributed by atoms with Crippen LogP contribution < -0.4 is 10.6 Å². The topological polar surface area (TPSA) is 100 Å². The monoisotopic (exact) mass is 474 g/mol. The fourth-order valence-electron chi connectivity index (χ4n) is 3.58. The lowest BCUT2D eigenvalue weighted by molar-refractivity contribution is -0.119. The summed E-state index contributed by atoms with van der Waals surface area (Å²) < 4.78 is 0.938. The van der Waals surface area contributed by atoms with Crippen LogP contribution in [0.3, 0.4) is 0 Å². The number of aromatic nitrogens is 3. The van der Waals surface area contributed by atoms with E-state index in [1.165, 1.54) is 11.3 Å². The second-order valence-electron chi connectivity index (χ2n) is 8.08. The molecule has 4 aromatic rings. The highest BCUT2D eigenvalue weighted by atomic mass is 32.1. The fourth-order valence-corrected chi connectivity index (χ4v) is 4.54. The van der Waals surface area contributed by atoms with Gasteiger partial charge in [-0.3, -0.25) is 20.1 Å².